The summed E-state index contributed by atoms with van der Waals surface area (Å²) in [5, 5.41) is 9.23. The summed E-state index contributed by atoms with van der Waals surface area (Å²) in [6.45, 7) is 0. The van der Waals surface area contributed by atoms with Crippen LogP contribution in [0.1, 0.15) is 17.9 Å². The van der Waals surface area contributed by atoms with Crippen molar-refractivity contribution in [2.24, 2.45) is 0 Å². The van der Waals surface area contributed by atoms with E-state index in [1.165, 1.54) is 12.1 Å². The van der Waals surface area contributed by atoms with Crippen molar-refractivity contribution in [1.82, 2.24) is 9.97 Å². The Kier molecular flexibility index (Phi) is 5.86. The predicted molar refractivity (Wildman–Crippen MR) is 121 cm³/mol. The number of halogens is 3. The maximum Gasteiger partial charge on any atom is 0.258 e. The zero-order chi connectivity index (χ0) is 22.1. The molecule has 0 saturated carbocycles. The third-order valence-electron chi connectivity index (χ3n) is 4.54. The molecule has 8 nitrogen and oxygen atoms in total. The van der Waals surface area contributed by atoms with E-state index >= 15 is 0 Å². The van der Waals surface area contributed by atoms with Gasteiger partial charge < -0.3 is 16.0 Å². The van der Waals surface area contributed by atoms with E-state index in [1.54, 1.807) is 30.3 Å². The molecule has 0 saturated heterocycles. The molecule has 1 aliphatic heterocycles. The molecule has 4 rings (SSSR count). The number of carbonyl (C=O) groups is 2. The molecule has 4 N–H and O–H groups in total. The molecule has 0 spiro atoms. The normalized spacial score (nSPS) is 15.1. The van der Waals surface area contributed by atoms with Crippen LogP contribution in [0.3, 0.4) is 0 Å². The zero-order valence-corrected chi connectivity index (χ0v) is 17.9. The smallest absolute Gasteiger partial charge is 0.258 e. The topological polar surface area (TPSA) is 116 Å². The minimum atomic E-state index is -1.05. The maximum absolute atomic E-state index is 12.9. The fourth-order valence-corrected chi connectivity index (χ4v) is 3.81. The first kappa shape index (κ1) is 21.2. The van der Waals surface area contributed by atoms with Crippen molar-refractivity contribution in [2.75, 3.05) is 16.0 Å². The highest BCUT2D eigenvalue weighted by Crippen LogP contribution is 2.32. The number of nitrogens with zero attached hydrogens (tertiary/aromatic N) is 1. The second-order valence-electron chi connectivity index (χ2n) is 6.73. The Bertz CT molecular complexity index is 1260. The summed E-state index contributed by atoms with van der Waals surface area (Å²) in [5.41, 5.74) is 0.396. The SMILES string of the molecule is O=C1C[C@@H](C(=O)Nc2ccc(Cl)cc2Cl)c2c(nc(Nc3cccc(Cl)c3)[nH]c2=O)N1. The zero-order valence-electron chi connectivity index (χ0n) is 15.6. The number of aromatic amines is 1. The summed E-state index contributed by atoms with van der Waals surface area (Å²) in [4.78, 5) is 44.7. The van der Waals surface area contributed by atoms with Crippen LogP contribution < -0.4 is 21.5 Å². The van der Waals surface area contributed by atoms with Crippen LogP contribution in [0.5, 0.6) is 0 Å². The number of anilines is 4. The third-order valence-corrected chi connectivity index (χ3v) is 5.33. The maximum atomic E-state index is 12.9. The van der Waals surface area contributed by atoms with Crippen LogP contribution in [0.2, 0.25) is 15.1 Å². The molecule has 3 aromatic rings. The summed E-state index contributed by atoms with van der Waals surface area (Å²) in [5.74, 6) is -1.96. The van der Waals surface area contributed by atoms with Crippen LogP contribution in [-0.2, 0) is 9.59 Å². The fraction of sp³-hybridized carbons (Fsp3) is 0.100. The van der Waals surface area contributed by atoms with Gasteiger partial charge in [0.15, 0.2) is 0 Å². The fourth-order valence-electron chi connectivity index (χ4n) is 3.17. The number of nitrogens with one attached hydrogen (secondary N) is 4. The van der Waals surface area contributed by atoms with Gasteiger partial charge >= 0.3 is 0 Å². The molecule has 11 heteroatoms. The van der Waals surface area contributed by atoms with E-state index in [0.717, 1.165) is 0 Å². The monoisotopic (exact) mass is 477 g/mol. The molecule has 0 unspecified atom stereocenters. The molecule has 2 amide bonds. The van der Waals surface area contributed by atoms with E-state index in [2.05, 4.69) is 25.9 Å². The van der Waals surface area contributed by atoms with Crippen molar-refractivity contribution >= 4 is 69.8 Å². The van der Waals surface area contributed by atoms with E-state index < -0.39 is 23.3 Å². The van der Waals surface area contributed by atoms with Crippen molar-refractivity contribution in [3.8, 4) is 0 Å². The Balaban J connectivity index is 1.65. The first-order valence-corrected chi connectivity index (χ1v) is 10.2. The van der Waals surface area contributed by atoms with Gasteiger partial charge in [-0.05, 0) is 36.4 Å². The highest BCUT2D eigenvalue weighted by molar-refractivity contribution is 6.36. The van der Waals surface area contributed by atoms with Crippen molar-refractivity contribution in [2.45, 2.75) is 12.3 Å². The summed E-state index contributed by atoms with van der Waals surface area (Å²) in [6.07, 6.45) is -0.212. The minimum Gasteiger partial charge on any atom is -0.326 e. The number of carbonyl (C=O) groups excluding carboxylic acids is 2. The standard InChI is InChI=1S/C20H14Cl3N5O3/c21-9-2-1-3-11(6-9)24-20-27-17-16(19(31)28-20)12(8-15(29)26-17)18(30)25-14-5-4-10(22)7-13(14)23/h1-7,12H,8H2,(H,25,30)(H3,24,26,27,28,29,31)/t12-/m1/s1. The average molecular weight is 479 g/mol. The molecule has 2 heterocycles. The van der Waals surface area contributed by atoms with Gasteiger partial charge in [0.25, 0.3) is 5.56 Å². The number of hydrogen-bond donors (Lipinski definition) is 4. The van der Waals surface area contributed by atoms with Crippen LogP contribution in [0.4, 0.5) is 23.1 Å². The second-order valence-corrected chi connectivity index (χ2v) is 8.01. The third kappa shape index (κ3) is 4.66. The van der Waals surface area contributed by atoms with E-state index in [0.29, 0.717) is 21.4 Å². The van der Waals surface area contributed by atoms with Crippen molar-refractivity contribution in [3.05, 3.63) is 73.4 Å². The molecule has 0 fully saturated rings. The molecule has 1 aliphatic rings. The van der Waals surface area contributed by atoms with Crippen LogP contribution in [0.15, 0.2) is 47.3 Å². The summed E-state index contributed by atoms with van der Waals surface area (Å²) in [6, 6.07) is 11.4. The Labute approximate surface area is 190 Å². The first-order valence-electron chi connectivity index (χ1n) is 9.03. The summed E-state index contributed by atoms with van der Waals surface area (Å²) >= 11 is 17.9. The lowest BCUT2D eigenvalue weighted by molar-refractivity contribution is -0.123. The Morgan fingerprint density at radius 3 is 2.58 bits per heavy atom. The molecule has 0 aliphatic carbocycles. The van der Waals surface area contributed by atoms with E-state index in [-0.39, 0.29) is 28.8 Å². The van der Waals surface area contributed by atoms with Gasteiger partial charge in [0.05, 0.1) is 22.2 Å². The highest BCUT2D eigenvalue weighted by Gasteiger charge is 2.35. The number of H-pyrrole nitrogens is 1. The number of amides is 2. The van der Waals surface area contributed by atoms with Crippen molar-refractivity contribution in [3.63, 3.8) is 0 Å². The van der Waals surface area contributed by atoms with Gasteiger partial charge in [0, 0.05) is 22.2 Å². The van der Waals surface area contributed by atoms with Crippen LogP contribution in [0.25, 0.3) is 0 Å². The predicted octanol–water partition coefficient (Wildman–Crippen LogP) is 4.54. The molecule has 1 atom stereocenters. The van der Waals surface area contributed by atoms with Crippen LogP contribution >= 0.6 is 34.8 Å². The van der Waals surface area contributed by atoms with E-state index in [9.17, 15) is 14.4 Å². The largest absolute Gasteiger partial charge is 0.326 e. The van der Waals surface area contributed by atoms with Crippen LogP contribution in [0, 0.1) is 0 Å². The molecule has 31 heavy (non-hydrogen) atoms. The molecular weight excluding hydrogens is 465 g/mol. The summed E-state index contributed by atoms with van der Waals surface area (Å²) in [7, 11) is 0. The molecule has 158 valence electrons. The first-order chi connectivity index (χ1) is 14.8. The number of fused-ring (bicyclic) bond motifs is 1. The van der Waals surface area contributed by atoms with Crippen molar-refractivity contribution in [1.29, 1.82) is 0 Å². The Hall–Kier alpha value is -3.07. The Morgan fingerprint density at radius 1 is 1.06 bits per heavy atom. The summed E-state index contributed by atoms with van der Waals surface area (Å²) < 4.78 is 0. The Morgan fingerprint density at radius 2 is 1.84 bits per heavy atom. The average Bonchev–Trinajstić information content (AvgIpc) is 2.69. The number of aromatic nitrogens is 2. The molecular formula is C20H14Cl3N5O3. The van der Waals surface area contributed by atoms with E-state index in [1.807, 2.05) is 0 Å². The second kappa shape index (κ2) is 8.58. The lowest BCUT2D eigenvalue weighted by atomic mass is 9.92. The molecule has 1 aromatic heterocycles. The number of benzene rings is 2. The van der Waals surface area contributed by atoms with Gasteiger partial charge in [-0.2, -0.15) is 4.98 Å². The van der Waals surface area contributed by atoms with Gasteiger partial charge in [-0.25, -0.2) is 0 Å². The number of hydrogen-bond acceptors (Lipinski definition) is 5. The van der Waals surface area contributed by atoms with E-state index in [4.69, 9.17) is 34.8 Å². The highest BCUT2D eigenvalue weighted by atomic mass is 35.5. The van der Waals surface area contributed by atoms with Crippen molar-refractivity contribution < 1.29 is 9.59 Å². The van der Waals surface area contributed by atoms with Crippen LogP contribution in [-0.4, -0.2) is 21.8 Å². The number of rotatable bonds is 4. The molecule has 2 aromatic carbocycles. The van der Waals surface area contributed by atoms with Gasteiger partial charge in [0.2, 0.25) is 17.8 Å². The van der Waals surface area contributed by atoms with Gasteiger partial charge in [-0.3, -0.25) is 19.4 Å². The van der Waals surface area contributed by atoms with Gasteiger partial charge in [-0.15, -0.1) is 0 Å². The van der Waals surface area contributed by atoms with Gasteiger partial charge in [0.1, 0.15) is 5.82 Å². The molecule has 0 radical (unpaired) electrons. The quantitative estimate of drug-likeness (QED) is 0.439. The lowest BCUT2D eigenvalue weighted by Gasteiger charge is -2.24. The minimum absolute atomic E-state index is 0.00637. The molecule has 0 bridgehead atoms. The van der Waals surface area contributed by atoms with Gasteiger partial charge in [-0.1, -0.05) is 40.9 Å². The lowest BCUT2D eigenvalue weighted by Crippen LogP contribution is -2.36.